The molecule has 22 heavy (non-hydrogen) atoms. The highest BCUT2D eigenvalue weighted by atomic mass is 19.1. The maximum absolute atomic E-state index is 13.0. The Balaban J connectivity index is 1.91. The van der Waals surface area contributed by atoms with Crippen LogP contribution >= 0.6 is 0 Å². The third-order valence-electron chi connectivity index (χ3n) is 2.66. The van der Waals surface area contributed by atoms with Crippen LogP contribution in [0.4, 0.5) is 14.5 Å². The van der Waals surface area contributed by atoms with Crippen molar-refractivity contribution >= 4 is 17.5 Å². The summed E-state index contributed by atoms with van der Waals surface area (Å²) in [6.45, 7) is -0.353. The number of hydrogen-bond acceptors (Lipinski definition) is 3. The second-order valence-corrected chi connectivity index (χ2v) is 4.38. The number of anilines is 1. The standard InChI is InChI=1S/C15H12F2N2O3/c16-10-5-11(17)7-12(6-10)19-14(20)8-22-13-3-1-9(2-4-13)15(18)21/h1-7H,8H2,(H2,18,21)(H,19,20). The predicted octanol–water partition coefficient (Wildman–Crippen LogP) is 2.08. The van der Waals surface area contributed by atoms with Crippen LogP contribution in [-0.4, -0.2) is 18.4 Å². The van der Waals surface area contributed by atoms with Crippen LogP contribution in [0.5, 0.6) is 5.75 Å². The normalized spacial score (nSPS) is 10.1. The Bertz CT molecular complexity index is 682. The lowest BCUT2D eigenvalue weighted by Gasteiger charge is -2.08. The zero-order chi connectivity index (χ0) is 16.1. The molecule has 0 aromatic heterocycles. The minimum absolute atomic E-state index is 0.00447. The van der Waals surface area contributed by atoms with E-state index in [4.69, 9.17) is 10.5 Å². The minimum Gasteiger partial charge on any atom is -0.484 e. The summed E-state index contributed by atoms with van der Waals surface area (Å²) in [6, 6.07) is 8.55. The summed E-state index contributed by atoms with van der Waals surface area (Å²) in [5, 5.41) is 2.31. The van der Waals surface area contributed by atoms with E-state index in [1.54, 1.807) is 0 Å². The molecule has 5 nitrogen and oxygen atoms in total. The summed E-state index contributed by atoms with van der Waals surface area (Å²) in [7, 11) is 0. The molecule has 0 heterocycles. The maximum atomic E-state index is 13.0. The lowest BCUT2D eigenvalue weighted by molar-refractivity contribution is -0.118. The molecule has 2 rings (SSSR count). The molecule has 0 spiro atoms. The molecule has 2 aromatic rings. The van der Waals surface area contributed by atoms with Crippen LogP contribution in [0.15, 0.2) is 42.5 Å². The second kappa shape index (κ2) is 6.66. The Hall–Kier alpha value is -2.96. The van der Waals surface area contributed by atoms with Gasteiger partial charge in [-0.15, -0.1) is 0 Å². The van der Waals surface area contributed by atoms with E-state index >= 15 is 0 Å². The van der Waals surface area contributed by atoms with E-state index in [1.165, 1.54) is 24.3 Å². The topological polar surface area (TPSA) is 81.4 Å². The SMILES string of the molecule is NC(=O)c1ccc(OCC(=O)Nc2cc(F)cc(F)c2)cc1. The van der Waals surface area contributed by atoms with Crippen molar-refractivity contribution in [1.29, 1.82) is 0 Å². The van der Waals surface area contributed by atoms with Gasteiger partial charge in [-0.05, 0) is 36.4 Å². The van der Waals surface area contributed by atoms with Crippen LogP contribution in [0, 0.1) is 11.6 Å². The number of amides is 2. The van der Waals surface area contributed by atoms with Crippen molar-refractivity contribution in [3.63, 3.8) is 0 Å². The first kappa shape index (κ1) is 15.4. The molecular weight excluding hydrogens is 294 g/mol. The first-order valence-corrected chi connectivity index (χ1v) is 6.22. The molecular formula is C15H12F2N2O3. The molecule has 2 amide bonds. The van der Waals surface area contributed by atoms with E-state index < -0.39 is 23.4 Å². The van der Waals surface area contributed by atoms with Crippen molar-refractivity contribution in [2.75, 3.05) is 11.9 Å². The van der Waals surface area contributed by atoms with Gasteiger partial charge in [0.2, 0.25) is 5.91 Å². The lowest BCUT2D eigenvalue weighted by Crippen LogP contribution is -2.20. The van der Waals surface area contributed by atoms with Gasteiger partial charge in [0.25, 0.3) is 5.91 Å². The Morgan fingerprint density at radius 2 is 1.64 bits per heavy atom. The van der Waals surface area contributed by atoms with Crippen molar-refractivity contribution in [3.8, 4) is 5.75 Å². The summed E-state index contributed by atoms with van der Waals surface area (Å²) in [5.74, 6) is -2.39. The van der Waals surface area contributed by atoms with Crippen molar-refractivity contribution in [2.45, 2.75) is 0 Å². The number of rotatable bonds is 5. The van der Waals surface area contributed by atoms with Gasteiger partial charge in [-0.2, -0.15) is 0 Å². The predicted molar refractivity (Wildman–Crippen MR) is 75.4 cm³/mol. The average Bonchev–Trinajstić information content (AvgIpc) is 2.44. The molecule has 0 atom stereocenters. The number of benzene rings is 2. The molecule has 0 aliphatic rings. The molecule has 0 bridgehead atoms. The van der Waals surface area contributed by atoms with Gasteiger partial charge >= 0.3 is 0 Å². The molecule has 0 aliphatic carbocycles. The molecule has 2 aromatic carbocycles. The van der Waals surface area contributed by atoms with Gasteiger partial charge in [0.15, 0.2) is 6.61 Å². The number of carbonyl (C=O) groups excluding carboxylic acids is 2. The lowest BCUT2D eigenvalue weighted by atomic mass is 10.2. The van der Waals surface area contributed by atoms with Crippen LogP contribution in [-0.2, 0) is 4.79 Å². The minimum atomic E-state index is -0.793. The van der Waals surface area contributed by atoms with Crippen LogP contribution in [0.2, 0.25) is 0 Å². The zero-order valence-corrected chi connectivity index (χ0v) is 11.3. The highest BCUT2D eigenvalue weighted by Crippen LogP contribution is 2.14. The first-order chi connectivity index (χ1) is 10.4. The Morgan fingerprint density at radius 1 is 1.05 bits per heavy atom. The fourth-order valence-corrected chi connectivity index (χ4v) is 1.69. The first-order valence-electron chi connectivity index (χ1n) is 6.22. The summed E-state index contributed by atoms with van der Waals surface area (Å²) in [4.78, 5) is 22.5. The number of ether oxygens (including phenoxy) is 1. The highest BCUT2D eigenvalue weighted by Gasteiger charge is 2.07. The van der Waals surface area contributed by atoms with E-state index in [1.807, 2.05) is 0 Å². The Labute approximate surface area is 124 Å². The van der Waals surface area contributed by atoms with Crippen molar-refractivity contribution in [1.82, 2.24) is 0 Å². The van der Waals surface area contributed by atoms with Gasteiger partial charge in [0.1, 0.15) is 17.4 Å². The van der Waals surface area contributed by atoms with Gasteiger partial charge in [0.05, 0.1) is 0 Å². The average molecular weight is 306 g/mol. The van der Waals surface area contributed by atoms with E-state index in [0.29, 0.717) is 17.4 Å². The van der Waals surface area contributed by atoms with E-state index in [-0.39, 0.29) is 12.3 Å². The van der Waals surface area contributed by atoms with Gasteiger partial charge in [0, 0.05) is 17.3 Å². The molecule has 3 N–H and O–H groups in total. The molecule has 114 valence electrons. The van der Waals surface area contributed by atoms with Crippen LogP contribution < -0.4 is 15.8 Å². The number of carbonyl (C=O) groups is 2. The third kappa shape index (κ3) is 4.27. The zero-order valence-electron chi connectivity index (χ0n) is 11.3. The molecule has 0 radical (unpaired) electrons. The van der Waals surface area contributed by atoms with Crippen LogP contribution in [0.3, 0.4) is 0 Å². The second-order valence-electron chi connectivity index (χ2n) is 4.38. The molecule has 0 saturated heterocycles. The summed E-state index contributed by atoms with van der Waals surface area (Å²) >= 11 is 0. The van der Waals surface area contributed by atoms with Gasteiger partial charge in [-0.1, -0.05) is 0 Å². The van der Waals surface area contributed by atoms with Crippen LogP contribution in [0.1, 0.15) is 10.4 Å². The summed E-state index contributed by atoms with van der Waals surface area (Å²) in [6.07, 6.45) is 0. The van der Waals surface area contributed by atoms with Crippen molar-refractivity contribution < 1.29 is 23.1 Å². The van der Waals surface area contributed by atoms with Crippen molar-refractivity contribution in [2.24, 2.45) is 5.73 Å². The van der Waals surface area contributed by atoms with Gasteiger partial charge < -0.3 is 15.8 Å². The Morgan fingerprint density at radius 3 is 2.18 bits per heavy atom. The van der Waals surface area contributed by atoms with E-state index in [0.717, 1.165) is 12.1 Å². The maximum Gasteiger partial charge on any atom is 0.262 e. The fraction of sp³-hybridized carbons (Fsp3) is 0.0667. The third-order valence-corrected chi connectivity index (χ3v) is 2.66. The van der Waals surface area contributed by atoms with Crippen molar-refractivity contribution in [3.05, 3.63) is 59.7 Å². The van der Waals surface area contributed by atoms with Crippen LogP contribution in [0.25, 0.3) is 0 Å². The van der Waals surface area contributed by atoms with E-state index in [2.05, 4.69) is 5.32 Å². The molecule has 0 aliphatic heterocycles. The van der Waals surface area contributed by atoms with Gasteiger partial charge in [-0.3, -0.25) is 9.59 Å². The number of primary amides is 1. The number of halogens is 2. The summed E-state index contributed by atoms with van der Waals surface area (Å²) in [5.41, 5.74) is 5.40. The number of nitrogens with two attached hydrogens (primary N) is 1. The molecule has 7 heteroatoms. The largest absolute Gasteiger partial charge is 0.484 e. The number of hydrogen-bond donors (Lipinski definition) is 2. The monoisotopic (exact) mass is 306 g/mol. The Kier molecular flexibility index (Phi) is 4.67. The summed E-state index contributed by atoms with van der Waals surface area (Å²) < 4.78 is 31.1. The molecule has 0 saturated carbocycles. The fourth-order valence-electron chi connectivity index (χ4n) is 1.69. The molecule has 0 fully saturated rings. The van der Waals surface area contributed by atoms with E-state index in [9.17, 15) is 18.4 Å². The quantitative estimate of drug-likeness (QED) is 0.887. The smallest absolute Gasteiger partial charge is 0.262 e. The van der Waals surface area contributed by atoms with Gasteiger partial charge in [-0.25, -0.2) is 8.78 Å². The highest BCUT2D eigenvalue weighted by molar-refractivity contribution is 5.93. The number of nitrogens with one attached hydrogen (secondary N) is 1. The molecule has 0 unspecified atom stereocenters.